The van der Waals surface area contributed by atoms with Gasteiger partial charge in [0.25, 0.3) is 5.91 Å². The Labute approximate surface area is 55.6 Å². The number of thioether (sulfide) groups is 1. The SMILES string of the molecule is O=C1CN=C2SC=NN12. The minimum atomic E-state index is -0.0359. The Morgan fingerprint density at radius 3 is 3.44 bits per heavy atom. The molecule has 0 aromatic heterocycles. The van der Waals surface area contributed by atoms with Gasteiger partial charge in [-0.05, 0) is 11.8 Å². The zero-order valence-corrected chi connectivity index (χ0v) is 5.26. The van der Waals surface area contributed by atoms with E-state index in [0.717, 1.165) is 0 Å². The summed E-state index contributed by atoms with van der Waals surface area (Å²) in [6, 6.07) is 0. The van der Waals surface area contributed by atoms with Gasteiger partial charge < -0.3 is 0 Å². The highest BCUT2D eigenvalue weighted by Gasteiger charge is 2.28. The number of amides is 1. The molecule has 0 aromatic carbocycles. The van der Waals surface area contributed by atoms with Gasteiger partial charge in [-0.3, -0.25) is 9.79 Å². The fourth-order valence-corrected chi connectivity index (χ4v) is 1.32. The van der Waals surface area contributed by atoms with Gasteiger partial charge in [0.05, 0.1) is 5.55 Å². The van der Waals surface area contributed by atoms with Crippen LogP contribution in [0.25, 0.3) is 0 Å². The fourth-order valence-electron chi connectivity index (χ4n) is 0.695. The highest BCUT2D eigenvalue weighted by Crippen LogP contribution is 2.18. The number of aliphatic imine (C=N–C) groups is 1. The third-order valence-corrected chi connectivity index (χ3v) is 1.80. The number of rotatable bonds is 0. The lowest BCUT2D eigenvalue weighted by molar-refractivity contribution is -0.124. The highest BCUT2D eigenvalue weighted by atomic mass is 32.2. The first-order chi connectivity index (χ1) is 4.38. The van der Waals surface area contributed by atoms with Gasteiger partial charge in [0.1, 0.15) is 6.54 Å². The molecule has 0 unspecified atom stereocenters. The quantitative estimate of drug-likeness (QED) is 0.472. The summed E-state index contributed by atoms with van der Waals surface area (Å²) in [7, 11) is 0. The number of hydrogen-bond donors (Lipinski definition) is 0. The van der Waals surface area contributed by atoms with Gasteiger partial charge in [-0.1, -0.05) is 0 Å². The molecule has 0 aliphatic carbocycles. The summed E-state index contributed by atoms with van der Waals surface area (Å²) in [6.07, 6.45) is 0. The van der Waals surface area contributed by atoms with E-state index in [1.54, 1.807) is 5.55 Å². The molecular formula is C4H3N3OS. The van der Waals surface area contributed by atoms with Gasteiger partial charge in [0.2, 0.25) is 0 Å². The zero-order valence-electron chi connectivity index (χ0n) is 4.44. The molecule has 0 spiro atoms. The van der Waals surface area contributed by atoms with E-state index in [-0.39, 0.29) is 12.5 Å². The third-order valence-electron chi connectivity index (χ3n) is 1.09. The first-order valence-corrected chi connectivity index (χ1v) is 3.32. The van der Waals surface area contributed by atoms with Crippen molar-refractivity contribution >= 4 is 28.4 Å². The Bertz CT molecular complexity index is 222. The van der Waals surface area contributed by atoms with Crippen molar-refractivity contribution in [2.24, 2.45) is 10.1 Å². The van der Waals surface area contributed by atoms with Crippen LogP contribution in [-0.2, 0) is 4.79 Å². The average molecular weight is 141 g/mol. The molecule has 2 aliphatic heterocycles. The van der Waals surface area contributed by atoms with Crippen molar-refractivity contribution in [2.45, 2.75) is 0 Å². The summed E-state index contributed by atoms with van der Waals surface area (Å²) in [5.74, 6) is -0.0359. The maximum atomic E-state index is 10.7. The molecule has 0 bridgehead atoms. The van der Waals surface area contributed by atoms with Crippen molar-refractivity contribution in [3.8, 4) is 0 Å². The zero-order chi connectivity index (χ0) is 6.27. The predicted molar refractivity (Wildman–Crippen MR) is 35.2 cm³/mol. The molecule has 2 heterocycles. The molecular weight excluding hydrogens is 138 g/mol. The van der Waals surface area contributed by atoms with E-state index < -0.39 is 0 Å². The van der Waals surface area contributed by atoms with Gasteiger partial charge in [-0.2, -0.15) is 10.1 Å². The molecule has 0 atom stereocenters. The van der Waals surface area contributed by atoms with Crippen molar-refractivity contribution in [3.63, 3.8) is 0 Å². The van der Waals surface area contributed by atoms with Crippen molar-refractivity contribution in [1.29, 1.82) is 0 Å². The lowest BCUT2D eigenvalue weighted by atomic mass is 10.6. The van der Waals surface area contributed by atoms with Gasteiger partial charge in [0, 0.05) is 0 Å². The van der Waals surface area contributed by atoms with E-state index in [0.29, 0.717) is 5.17 Å². The van der Waals surface area contributed by atoms with Gasteiger partial charge >= 0.3 is 0 Å². The second kappa shape index (κ2) is 1.57. The van der Waals surface area contributed by atoms with E-state index in [1.807, 2.05) is 0 Å². The van der Waals surface area contributed by atoms with E-state index in [9.17, 15) is 4.79 Å². The molecule has 0 radical (unpaired) electrons. The van der Waals surface area contributed by atoms with Crippen LogP contribution in [-0.4, -0.2) is 28.2 Å². The van der Waals surface area contributed by atoms with Crippen molar-refractivity contribution in [1.82, 2.24) is 5.01 Å². The summed E-state index contributed by atoms with van der Waals surface area (Å²) in [5.41, 5.74) is 1.61. The van der Waals surface area contributed by atoms with Gasteiger partial charge in [0.15, 0.2) is 5.17 Å². The molecule has 0 fully saturated rings. The number of hydrogen-bond acceptors (Lipinski definition) is 4. The van der Waals surface area contributed by atoms with Crippen LogP contribution in [0.15, 0.2) is 10.1 Å². The lowest BCUT2D eigenvalue weighted by Gasteiger charge is -1.99. The van der Waals surface area contributed by atoms with Crippen molar-refractivity contribution < 1.29 is 4.79 Å². The first-order valence-electron chi connectivity index (χ1n) is 2.44. The molecule has 2 aliphatic rings. The standard InChI is InChI=1S/C4H3N3OS/c8-3-1-5-4-7(3)6-2-9-4/h2H,1H2. The largest absolute Gasteiger partial charge is 0.271 e. The Hall–Kier alpha value is -0.840. The summed E-state index contributed by atoms with van der Waals surface area (Å²) >= 11 is 1.38. The monoisotopic (exact) mass is 141 g/mol. The highest BCUT2D eigenvalue weighted by molar-refractivity contribution is 8.25. The van der Waals surface area contributed by atoms with Gasteiger partial charge in [-0.25, -0.2) is 0 Å². The minimum Gasteiger partial charge on any atom is -0.270 e. The van der Waals surface area contributed by atoms with Crippen molar-refractivity contribution in [3.05, 3.63) is 0 Å². The fraction of sp³-hybridized carbons (Fsp3) is 0.250. The maximum Gasteiger partial charge on any atom is 0.271 e. The van der Waals surface area contributed by atoms with Crippen LogP contribution in [0.5, 0.6) is 0 Å². The Morgan fingerprint density at radius 2 is 2.67 bits per heavy atom. The van der Waals surface area contributed by atoms with Crippen LogP contribution in [0.2, 0.25) is 0 Å². The summed E-state index contributed by atoms with van der Waals surface area (Å²) in [6.45, 7) is 0.264. The number of amidine groups is 1. The topological polar surface area (TPSA) is 45.0 Å². The summed E-state index contributed by atoms with van der Waals surface area (Å²) in [5, 5.41) is 5.80. The molecule has 0 saturated heterocycles. The molecule has 46 valence electrons. The summed E-state index contributed by atoms with van der Waals surface area (Å²) in [4.78, 5) is 14.6. The summed E-state index contributed by atoms with van der Waals surface area (Å²) < 4.78 is 0. The third kappa shape index (κ3) is 0.578. The first kappa shape index (κ1) is 4.99. The maximum absolute atomic E-state index is 10.7. The number of carbonyl (C=O) groups excluding carboxylic acids is 1. The number of carbonyl (C=O) groups is 1. The Morgan fingerprint density at radius 1 is 1.78 bits per heavy atom. The Kier molecular flexibility index (Phi) is 0.869. The molecule has 4 nitrogen and oxygen atoms in total. The lowest BCUT2D eigenvalue weighted by Crippen LogP contribution is -2.21. The number of nitrogens with zero attached hydrogens (tertiary/aromatic N) is 3. The average Bonchev–Trinajstić information content (AvgIpc) is 2.35. The van der Waals surface area contributed by atoms with Crippen LogP contribution in [0, 0.1) is 0 Å². The second-order valence-electron chi connectivity index (χ2n) is 1.64. The molecule has 0 saturated carbocycles. The van der Waals surface area contributed by atoms with Crippen molar-refractivity contribution in [2.75, 3.05) is 6.54 Å². The predicted octanol–water partition coefficient (Wildman–Crippen LogP) is -0.125. The normalized spacial score (nSPS) is 22.9. The van der Waals surface area contributed by atoms with Crippen LogP contribution < -0.4 is 0 Å². The molecule has 0 N–H and O–H groups in total. The Balaban J connectivity index is 2.36. The van der Waals surface area contributed by atoms with Crippen LogP contribution in [0.4, 0.5) is 0 Å². The minimum absolute atomic E-state index is 0.0359. The van der Waals surface area contributed by atoms with E-state index in [2.05, 4.69) is 10.1 Å². The molecule has 5 heteroatoms. The molecule has 9 heavy (non-hydrogen) atoms. The molecule has 1 amide bonds. The second-order valence-corrected chi connectivity index (χ2v) is 2.45. The van der Waals surface area contributed by atoms with Crippen LogP contribution in [0.1, 0.15) is 0 Å². The molecule has 2 rings (SSSR count). The van der Waals surface area contributed by atoms with E-state index >= 15 is 0 Å². The van der Waals surface area contributed by atoms with Crippen LogP contribution >= 0.6 is 11.8 Å². The van der Waals surface area contributed by atoms with E-state index in [4.69, 9.17) is 0 Å². The van der Waals surface area contributed by atoms with Crippen LogP contribution in [0.3, 0.4) is 0 Å². The number of hydrazone groups is 1. The molecule has 0 aromatic rings. The smallest absolute Gasteiger partial charge is 0.270 e. The number of fused-ring (bicyclic) bond motifs is 1. The van der Waals surface area contributed by atoms with Gasteiger partial charge in [-0.15, -0.1) is 0 Å². The van der Waals surface area contributed by atoms with E-state index in [1.165, 1.54) is 16.8 Å².